The van der Waals surface area contributed by atoms with Crippen molar-refractivity contribution in [2.45, 2.75) is 166 Å². The average Bonchev–Trinajstić information content (AvgIpc) is 3.70. The molecule has 0 spiro atoms. The summed E-state index contributed by atoms with van der Waals surface area (Å²) in [5, 5.41) is 0. The van der Waals surface area contributed by atoms with Crippen molar-refractivity contribution < 1.29 is 25.0 Å². The van der Waals surface area contributed by atoms with E-state index >= 15 is 0 Å². The fourth-order valence-electron chi connectivity index (χ4n) is 10.7. The van der Waals surface area contributed by atoms with Gasteiger partial charge in [0.05, 0.1) is 0 Å². The van der Waals surface area contributed by atoms with Gasteiger partial charge >= 0.3 is 389 Å². The third-order valence-electron chi connectivity index (χ3n) is 14.4. The van der Waals surface area contributed by atoms with E-state index in [1.54, 1.807) is 0 Å². The maximum atomic E-state index is 9.02. The average molecular weight is 972 g/mol. The summed E-state index contributed by atoms with van der Waals surface area (Å²) >= 11 is -5.18. The second kappa shape index (κ2) is 17.1. The Bertz CT molecular complexity index is 2250. The molecule has 0 aliphatic heterocycles. The summed E-state index contributed by atoms with van der Waals surface area (Å²) in [6.45, 7) is 41.7. The van der Waals surface area contributed by atoms with Gasteiger partial charge in [-0.3, -0.25) is 0 Å². The zero-order valence-corrected chi connectivity index (χ0v) is 47.0. The molecule has 6 rings (SSSR count). The maximum absolute atomic E-state index is 9.02. The van der Waals surface area contributed by atoms with Crippen molar-refractivity contribution in [1.29, 1.82) is 0 Å². The first kappa shape index (κ1) is 49.1. The molecule has 0 saturated carbocycles. The summed E-state index contributed by atoms with van der Waals surface area (Å²) in [6.07, 6.45) is 4.88. The van der Waals surface area contributed by atoms with E-state index < -0.39 is 21.5 Å². The molecular weight excluding hydrogens is 895 g/mol. The van der Waals surface area contributed by atoms with Crippen molar-refractivity contribution >= 4 is 35.1 Å². The number of allylic oxidation sites excluding steroid dienone is 2. The normalized spacial score (nSPS) is 17.5. The molecule has 0 radical (unpaired) electrons. The van der Waals surface area contributed by atoms with E-state index in [4.69, 9.17) is 26.5 Å². The molecule has 2 nitrogen and oxygen atoms in total. The molecule has 2 atom stereocenters. The summed E-state index contributed by atoms with van der Waals surface area (Å²) in [4.78, 5) is 0. The molecule has 62 heavy (non-hydrogen) atoms. The van der Waals surface area contributed by atoms with Crippen LogP contribution in [0.1, 0.15) is 197 Å². The molecule has 4 aromatic carbocycles. The summed E-state index contributed by atoms with van der Waals surface area (Å²) < 4.78 is 13.0. The van der Waals surface area contributed by atoms with Crippen molar-refractivity contribution in [2.75, 3.05) is 14.2 Å². The predicted molar refractivity (Wildman–Crippen MR) is 274 cm³/mol. The zero-order chi connectivity index (χ0) is 46.4. The Labute approximate surface area is 386 Å². The number of hydrogen-bond acceptors (Lipinski definition) is 2. The summed E-state index contributed by atoms with van der Waals surface area (Å²) in [5.74, 6) is 1.61. The van der Waals surface area contributed by atoms with E-state index in [1.807, 2.05) is 14.2 Å². The van der Waals surface area contributed by atoms with Crippen LogP contribution in [0.4, 0.5) is 0 Å². The molecule has 2 aliphatic rings. The second-order valence-electron chi connectivity index (χ2n) is 22.6. The molecule has 335 valence electrons. The van der Waals surface area contributed by atoms with Crippen molar-refractivity contribution in [3.63, 3.8) is 0 Å². The first-order valence-electron chi connectivity index (χ1n) is 23.3. The first-order valence-corrected chi connectivity index (χ1v) is 39.6. The van der Waals surface area contributed by atoms with Gasteiger partial charge in [-0.1, -0.05) is 0 Å². The van der Waals surface area contributed by atoms with Gasteiger partial charge in [-0.25, -0.2) is 0 Å². The van der Waals surface area contributed by atoms with Crippen molar-refractivity contribution in [2.24, 2.45) is 0 Å². The molecule has 2 unspecified atom stereocenters. The number of fused-ring (bicyclic) bond motifs is 2. The number of hydrogen-bond donors (Lipinski definition) is 0. The van der Waals surface area contributed by atoms with Crippen LogP contribution < -0.4 is 9.47 Å². The molecule has 4 aromatic rings. The van der Waals surface area contributed by atoms with Gasteiger partial charge in [0.25, 0.3) is 0 Å². The Kier molecular flexibility index (Phi) is 13.6. The van der Waals surface area contributed by atoms with Crippen molar-refractivity contribution in [3.8, 4) is 33.8 Å². The fraction of sp³-hybridized carbons (Fsp3) is 0.500. The van der Waals surface area contributed by atoms with E-state index in [9.17, 15) is 0 Å². The van der Waals surface area contributed by atoms with E-state index in [0.29, 0.717) is 23.7 Å². The van der Waals surface area contributed by atoms with Crippen molar-refractivity contribution in [3.05, 3.63) is 115 Å². The van der Waals surface area contributed by atoms with Crippen LogP contribution in [0, 0.1) is 0 Å². The third kappa shape index (κ3) is 8.26. The number of halogens is 2. The topological polar surface area (TPSA) is 18.5 Å². The van der Waals surface area contributed by atoms with Gasteiger partial charge in [0, 0.05) is 0 Å². The van der Waals surface area contributed by atoms with Crippen LogP contribution in [0.25, 0.3) is 34.4 Å². The van der Waals surface area contributed by atoms with Crippen LogP contribution in [0.2, 0.25) is 13.1 Å². The van der Waals surface area contributed by atoms with Gasteiger partial charge in [-0.2, -0.15) is 0 Å². The first-order chi connectivity index (χ1) is 28.6. The Morgan fingerprint density at radius 2 is 0.806 bits per heavy atom. The summed E-state index contributed by atoms with van der Waals surface area (Å²) in [7, 11) is 21.7. The molecule has 0 saturated heterocycles. The molecular formula is C56H77Cl2O2SiZr. The molecule has 0 aromatic heterocycles. The Hall–Kier alpha value is -2.36. The molecule has 0 heterocycles. The number of methoxy groups -OCH3 is 2. The van der Waals surface area contributed by atoms with Gasteiger partial charge in [0.15, 0.2) is 0 Å². The van der Waals surface area contributed by atoms with Gasteiger partial charge in [-0.15, -0.1) is 0 Å². The number of ether oxygens (including phenoxy) is 2. The molecule has 6 heteroatoms. The molecule has 0 N–H and O–H groups in total. The molecule has 0 fully saturated rings. The van der Waals surface area contributed by atoms with Crippen LogP contribution in [-0.4, -0.2) is 20.1 Å². The monoisotopic (exact) mass is 969 g/mol. The number of rotatable bonds is 11. The molecule has 2 aliphatic carbocycles. The zero-order valence-electron chi connectivity index (χ0n) is 41.9. The predicted octanol–water partition coefficient (Wildman–Crippen LogP) is 17.7. The van der Waals surface area contributed by atoms with Gasteiger partial charge in [0.1, 0.15) is 0 Å². The Morgan fingerprint density at radius 3 is 1.03 bits per heavy atom. The van der Waals surface area contributed by atoms with Crippen molar-refractivity contribution in [1.82, 2.24) is 0 Å². The SMILES string of the molecule is COc1c(C(C)(C)C)cc2c(c1-c1cc(C(C)C)cc(C(C)C)c1)C=C(C)[CH]2[Zr]([Cl])([Cl])([CH]1C(C)=Cc2c1cc(C(C)(C)C)c(OC)c2-c1cc(C(C)C)cc(C(C)C)c1)[SiH](C)C. The van der Waals surface area contributed by atoms with E-state index in [-0.39, 0.29) is 18.1 Å². The summed E-state index contributed by atoms with van der Waals surface area (Å²) in [6, 6.07) is 19.3. The minimum absolute atomic E-state index is 0.0650. The minimum atomic E-state index is -5.18. The van der Waals surface area contributed by atoms with E-state index in [2.05, 4.69) is 185 Å². The fourth-order valence-corrected chi connectivity index (χ4v) is 43.5. The van der Waals surface area contributed by atoms with Gasteiger partial charge in [0.2, 0.25) is 0 Å². The van der Waals surface area contributed by atoms with Crippen LogP contribution >= 0.6 is 17.0 Å². The van der Waals surface area contributed by atoms with Crippen LogP contribution in [0.5, 0.6) is 11.5 Å². The van der Waals surface area contributed by atoms with Crippen LogP contribution in [-0.2, 0) is 26.4 Å². The molecule has 0 bridgehead atoms. The Morgan fingerprint density at radius 1 is 0.516 bits per heavy atom. The van der Waals surface area contributed by atoms with Crippen LogP contribution in [0.15, 0.2) is 59.7 Å². The van der Waals surface area contributed by atoms with Gasteiger partial charge in [-0.05, 0) is 0 Å². The quantitative estimate of drug-likeness (QED) is 0.139. The van der Waals surface area contributed by atoms with Gasteiger partial charge < -0.3 is 0 Å². The summed E-state index contributed by atoms with van der Waals surface area (Å²) in [5.41, 5.74) is 19.7. The molecule has 0 amide bonds. The standard InChI is InChI=1S/2C27H35O.C2H7Si.2ClH.Zr/c2*1-16(2)19-12-20(17(3)4)14-22(13-19)25-23-11-18(5)10-21(23)15-24(26(25)28-9)27(6,7)8;1-3-2;;;/h2*10-17H,1-9H3;3H,1-2H3;2*1H;/q;;;;;+2/p-2. The van der Waals surface area contributed by atoms with E-state index in [0.717, 1.165) is 11.5 Å². The van der Waals surface area contributed by atoms with E-state index in [1.165, 1.54) is 89.0 Å². The number of benzene rings is 4. The van der Waals surface area contributed by atoms with Crippen LogP contribution in [0.3, 0.4) is 0 Å². The second-order valence-corrected chi connectivity index (χ2v) is 65.1. The third-order valence-corrected chi connectivity index (χ3v) is 66.7. The Balaban J connectivity index is 1.74.